The zero-order valence-corrected chi connectivity index (χ0v) is 14.8. The van der Waals surface area contributed by atoms with E-state index in [1.54, 1.807) is 24.3 Å². The van der Waals surface area contributed by atoms with Gasteiger partial charge in [0.05, 0.1) is 4.92 Å². The maximum atomic E-state index is 13.0. The highest BCUT2D eigenvalue weighted by molar-refractivity contribution is 7.99. The second kappa shape index (κ2) is 7.35. The summed E-state index contributed by atoms with van der Waals surface area (Å²) in [7, 11) is 0. The average Bonchev–Trinajstić information content (AvgIpc) is 3.06. The molecule has 1 saturated heterocycles. The lowest BCUT2D eigenvalue weighted by Crippen LogP contribution is -2.43. The molecule has 2 atom stereocenters. The van der Waals surface area contributed by atoms with Crippen LogP contribution in [0.1, 0.15) is 21.3 Å². The Morgan fingerprint density at radius 1 is 1.23 bits per heavy atom. The first-order valence-electron chi connectivity index (χ1n) is 7.56. The van der Waals surface area contributed by atoms with Gasteiger partial charge in [0.1, 0.15) is 11.4 Å². The molecule has 7 nitrogen and oxygen atoms in total. The number of hydrogen-bond donors (Lipinski definition) is 1. The number of nitro groups is 1. The van der Waals surface area contributed by atoms with Crippen LogP contribution in [-0.2, 0) is 4.79 Å². The number of thioether (sulfide) groups is 1. The number of carbonyl (C=O) groups is 2. The standard InChI is InChI=1S/C17H13ClN2O5S/c18-13-7-2-1-6-12(13)16-19(14(9-26-16)17(22)23)15(21)10-4-3-5-11(8-10)20(24)25/h1-8,14,16H,9H2,(H,22,23)/t14-,16+/m1/s1. The second-order valence-electron chi connectivity index (χ2n) is 5.58. The van der Waals surface area contributed by atoms with Gasteiger partial charge >= 0.3 is 5.97 Å². The third kappa shape index (κ3) is 3.38. The smallest absolute Gasteiger partial charge is 0.327 e. The van der Waals surface area contributed by atoms with Crippen molar-refractivity contribution >= 4 is 40.9 Å². The fourth-order valence-electron chi connectivity index (χ4n) is 2.76. The molecule has 134 valence electrons. The topological polar surface area (TPSA) is 101 Å². The van der Waals surface area contributed by atoms with Crippen molar-refractivity contribution in [3.05, 3.63) is 74.8 Å². The molecule has 1 aliphatic rings. The Kier molecular flexibility index (Phi) is 5.15. The van der Waals surface area contributed by atoms with Gasteiger partial charge in [0.25, 0.3) is 11.6 Å². The Bertz CT molecular complexity index is 891. The molecule has 0 radical (unpaired) electrons. The lowest BCUT2D eigenvalue weighted by molar-refractivity contribution is -0.384. The van der Waals surface area contributed by atoms with Crippen LogP contribution in [0.3, 0.4) is 0 Å². The molecule has 3 rings (SSSR count). The number of nitrogens with zero attached hydrogens (tertiary/aromatic N) is 2. The van der Waals surface area contributed by atoms with Gasteiger partial charge in [-0.25, -0.2) is 4.79 Å². The van der Waals surface area contributed by atoms with Crippen molar-refractivity contribution in [3.63, 3.8) is 0 Å². The summed E-state index contributed by atoms with van der Waals surface area (Å²) in [5, 5.41) is 20.3. The first-order chi connectivity index (χ1) is 12.4. The fourth-order valence-corrected chi connectivity index (χ4v) is 4.52. The molecule has 2 aromatic carbocycles. The third-order valence-electron chi connectivity index (χ3n) is 4.00. The SMILES string of the molecule is O=C(O)[C@H]1CS[C@@H](c2ccccc2Cl)N1C(=O)c1cccc([N+](=O)[O-])c1. The van der Waals surface area contributed by atoms with Gasteiger partial charge < -0.3 is 10.0 Å². The minimum Gasteiger partial charge on any atom is -0.480 e. The second-order valence-corrected chi connectivity index (χ2v) is 7.10. The van der Waals surface area contributed by atoms with E-state index in [0.717, 1.165) is 6.07 Å². The largest absolute Gasteiger partial charge is 0.480 e. The number of carbonyl (C=O) groups excluding carboxylic acids is 1. The molecule has 1 amide bonds. The van der Waals surface area contributed by atoms with E-state index >= 15 is 0 Å². The van der Waals surface area contributed by atoms with Gasteiger partial charge in [-0.3, -0.25) is 14.9 Å². The van der Waals surface area contributed by atoms with Gasteiger partial charge in [0, 0.05) is 34.0 Å². The molecule has 0 bridgehead atoms. The van der Waals surface area contributed by atoms with Crippen molar-refractivity contribution in [1.29, 1.82) is 0 Å². The van der Waals surface area contributed by atoms with E-state index in [0.29, 0.717) is 10.6 Å². The van der Waals surface area contributed by atoms with Gasteiger partial charge in [0.15, 0.2) is 0 Å². The maximum absolute atomic E-state index is 13.0. The molecule has 0 aliphatic carbocycles. The number of nitro benzene ring substituents is 1. The van der Waals surface area contributed by atoms with Crippen LogP contribution in [0.2, 0.25) is 5.02 Å². The lowest BCUT2D eigenvalue weighted by Gasteiger charge is -2.28. The van der Waals surface area contributed by atoms with Crippen LogP contribution < -0.4 is 0 Å². The normalized spacial score (nSPS) is 19.3. The quantitative estimate of drug-likeness (QED) is 0.630. The van der Waals surface area contributed by atoms with E-state index in [1.807, 2.05) is 0 Å². The Balaban J connectivity index is 2.03. The first-order valence-corrected chi connectivity index (χ1v) is 8.99. The molecule has 2 aromatic rings. The molecule has 1 aliphatic heterocycles. The summed E-state index contributed by atoms with van der Waals surface area (Å²) in [5.74, 6) is -1.52. The number of benzene rings is 2. The number of rotatable bonds is 4. The summed E-state index contributed by atoms with van der Waals surface area (Å²) >= 11 is 7.52. The molecular weight excluding hydrogens is 380 g/mol. The van der Waals surface area contributed by atoms with Crippen LogP contribution in [0, 0.1) is 10.1 Å². The highest BCUT2D eigenvalue weighted by atomic mass is 35.5. The Morgan fingerprint density at radius 3 is 2.62 bits per heavy atom. The van der Waals surface area contributed by atoms with Crippen LogP contribution in [0.5, 0.6) is 0 Å². The predicted octanol–water partition coefficient (Wildman–Crippen LogP) is 3.59. The van der Waals surface area contributed by atoms with Crippen molar-refractivity contribution in [1.82, 2.24) is 4.90 Å². The molecule has 1 heterocycles. The van der Waals surface area contributed by atoms with E-state index in [4.69, 9.17) is 11.6 Å². The zero-order chi connectivity index (χ0) is 18.8. The van der Waals surface area contributed by atoms with Crippen molar-refractivity contribution in [2.24, 2.45) is 0 Å². The van der Waals surface area contributed by atoms with Crippen LogP contribution in [-0.4, -0.2) is 38.6 Å². The number of halogens is 1. The number of amides is 1. The van der Waals surface area contributed by atoms with Crippen LogP contribution >= 0.6 is 23.4 Å². The Labute approximate surface area is 157 Å². The molecular formula is C17H13ClN2O5S. The van der Waals surface area contributed by atoms with Crippen molar-refractivity contribution < 1.29 is 19.6 Å². The van der Waals surface area contributed by atoms with E-state index in [1.165, 1.54) is 34.9 Å². The highest BCUT2D eigenvalue weighted by Crippen LogP contribution is 2.44. The molecule has 0 spiro atoms. The number of carboxylic acid groups (broad SMARTS) is 1. The maximum Gasteiger partial charge on any atom is 0.327 e. The fraction of sp³-hybridized carbons (Fsp3) is 0.176. The summed E-state index contributed by atoms with van der Waals surface area (Å²) in [5.41, 5.74) is 0.454. The van der Waals surface area contributed by atoms with Gasteiger partial charge in [-0.05, 0) is 12.1 Å². The Hall–Kier alpha value is -2.58. The molecule has 0 unspecified atom stereocenters. The van der Waals surface area contributed by atoms with E-state index in [9.17, 15) is 24.8 Å². The summed E-state index contributed by atoms with van der Waals surface area (Å²) in [6.45, 7) is 0. The number of aliphatic carboxylic acids is 1. The minimum absolute atomic E-state index is 0.0602. The number of non-ortho nitro benzene ring substituents is 1. The summed E-state index contributed by atoms with van der Waals surface area (Å²) in [4.78, 5) is 36.2. The molecule has 9 heteroatoms. The molecule has 0 saturated carbocycles. The van der Waals surface area contributed by atoms with Crippen LogP contribution in [0.15, 0.2) is 48.5 Å². The monoisotopic (exact) mass is 392 g/mol. The summed E-state index contributed by atoms with van der Waals surface area (Å²) in [6, 6.07) is 11.1. The third-order valence-corrected chi connectivity index (χ3v) is 5.64. The minimum atomic E-state index is -1.13. The molecule has 26 heavy (non-hydrogen) atoms. The molecule has 0 aromatic heterocycles. The van der Waals surface area contributed by atoms with Gasteiger partial charge in [-0.2, -0.15) is 0 Å². The van der Waals surface area contributed by atoms with Gasteiger partial charge in [0.2, 0.25) is 0 Å². The zero-order valence-electron chi connectivity index (χ0n) is 13.2. The number of hydrogen-bond acceptors (Lipinski definition) is 5. The predicted molar refractivity (Wildman–Crippen MR) is 97.3 cm³/mol. The van der Waals surface area contributed by atoms with E-state index in [-0.39, 0.29) is 17.0 Å². The van der Waals surface area contributed by atoms with Gasteiger partial charge in [-0.1, -0.05) is 35.9 Å². The van der Waals surface area contributed by atoms with Gasteiger partial charge in [-0.15, -0.1) is 11.8 Å². The van der Waals surface area contributed by atoms with Crippen molar-refractivity contribution in [2.75, 3.05) is 5.75 Å². The molecule has 1 fully saturated rings. The first kappa shape index (κ1) is 18.2. The van der Waals surface area contributed by atoms with Crippen LogP contribution in [0.25, 0.3) is 0 Å². The lowest BCUT2D eigenvalue weighted by atomic mass is 10.1. The van der Waals surface area contributed by atoms with Crippen molar-refractivity contribution in [3.8, 4) is 0 Å². The summed E-state index contributed by atoms with van der Waals surface area (Å²) in [6.07, 6.45) is 0. The van der Waals surface area contributed by atoms with Crippen molar-refractivity contribution in [2.45, 2.75) is 11.4 Å². The molecule has 1 N–H and O–H groups in total. The Morgan fingerprint density at radius 2 is 1.96 bits per heavy atom. The average molecular weight is 393 g/mol. The van der Waals surface area contributed by atoms with E-state index in [2.05, 4.69) is 0 Å². The van der Waals surface area contributed by atoms with E-state index < -0.39 is 28.2 Å². The summed E-state index contributed by atoms with van der Waals surface area (Å²) < 4.78 is 0. The highest BCUT2D eigenvalue weighted by Gasteiger charge is 2.43. The number of carboxylic acids is 1. The van der Waals surface area contributed by atoms with Crippen LogP contribution in [0.4, 0.5) is 5.69 Å².